The molecular weight excluding hydrogens is 300 g/mol. The molecule has 0 spiro atoms. The lowest BCUT2D eigenvalue weighted by Gasteiger charge is -2.06. The van der Waals surface area contributed by atoms with Gasteiger partial charge in [0, 0.05) is 11.4 Å². The van der Waals surface area contributed by atoms with Crippen LogP contribution in [0.3, 0.4) is 0 Å². The Balaban J connectivity index is 1.88. The Bertz CT molecular complexity index is 666. The molecule has 122 valence electrons. The van der Waals surface area contributed by atoms with E-state index in [1.165, 1.54) is 23.3 Å². The first-order valence-corrected chi connectivity index (χ1v) is 7.65. The number of carbonyl (C=O) groups is 2. The van der Waals surface area contributed by atoms with Crippen molar-refractivity contribution in [2.24, 2.45) is 0 Å². The maximum atomic E-state index is 11.2. The Labute approximate surface area is 141 Å². The van der Waals surface area contributed by atoms with Crippen LogP contribution in [0.4, 0.5) is 11.4 Å². The van der Waals surface area contributed by atoms with Gasteiger partial charge >= 0.3 is 0 Å². The minimum atomic E-state index is -0.216. The minimum absolute atomic E-state index is 0.216. The summed E-state index contributed by atoms with van der Waals surface area (Å²) in [5.74, 6) is -0.433. The van der Waals surface area contributed by atoms with Crippen molar-refractivity contribution in [3.63, 3.8) is 0 Å². The molecule has 4 nitrogen and oxygen atoms in total. The summed E-state index contributed by atoms with van der Waals surface area (Å²) in [6, 6.07) is 15.5. The first kappa shape index (κ1) is 17.2. The van der Waals surface area contributed by atoms with Crippen molar-refractivity contribution in [3.8, 4) is 0 Å². The van der Waals surface area contributed by atoms with E-state index in [1.807, 2.05) is 48.5 Å². The first-order chi connectivity index (χ1) is 11.6. The van der Waals surface area contributed by atoms with Gasteiger partial charge in [0.25, 0.3) is 0 Å². The van der Waals surface area contributed by atoms with E-state index in [0.717, 1.165) is 24.2 Å². The summed E-state index contributed by atoms with van der Waals surface area (Å²) >= 11 is 0. The molecule has 4 heteroatoms. The predicted octanol–water partition coefficient (Wildman–Crippen LogP) is 3.72. The van der Waals surface area contributed by atoms with E-state index in [-0.39, 0.29) is 11.8 Å². The van der Waals surface area contributed by atoms with Gasteiger partial charge in [-0.15, -0.1) is 0 Å². The number of benzene rings is 2. The van der Waals surface area contributed by atoms with Gasteiger partial charge in [-0.2, -0.15) is 0 Å². The van der Waals surface area contributed by atoms with Gasteiger partial charge in [-0.1, -0.05) is 37.4 Å². The Kier molecular flexibility index (Phi) is 6.08. The molecular formula is C20H20N2O2. The number of amides is 2. The minimum Gasteiger partial charge on any atom is -0.323 e. The number of hydrogen-bond acceptors (Lipinski definition) is 2. The Morgan fingerprint density at radius 1 is 0.708 bits per heavy atom. The second-order valence-electron chi connectivity index (χ2n) is 5.28. The molecule has 0 radical (unpaired) electrons. The van der Waals surface area contributed by atoms with Gasteiger partial charge < -0.3 is 10.6 Å². The monoisotopic (exact) mass is 320 g/mol. The average Bonchev–Trinajstić information content (AvgIpc) is 2.62. The van der Waals surface area contributed by atoms with E-state index in [2.05, 4.69) is 23.8 Å². The molecule has 0 aliphatic rings. The van der Waals surface area contributed by atoms with Crippen LogP contribution in [0.5, 0.6) is 0 Å². The van der Waals surface area contributed by atoms with Gasteiger partial charge in [0.15, 0.2) is 0 Å². The highest BCUT2D eigenvalue weighted by atomic mass is 16.2. The van der Waals surface area contributed by atoms with Crippen LogP contribution in [0.15, 0.2) is 73.8 Å². The third-order valence-electron chi connectivity index (χ3n) is 3.52. The van der Waals surface area contributed by atoms with Crippen LogP contribution in [-0.4, -0.2) is 11.8 Å². The normalized spacial score (nSPS) is 9.83. The summed E-state index contributed by atoms with van der Waals surface area (Å²) in [6.45, 7) is 6.85. The van der Waals surface area contributed by atoms with Crippen LogP contribution < -0.4 is 10.6 Å². The quantitative estimate of drug-likeness (QED) is 0.764. The molecule has 2 aromatic rings. The van der Waals surface area contributed by atoms with Crippen LogP contribution in [-0.2, 0) is 22.4 Å². The molecule has 0 fully saturated rings. The lowest BCUT2D eigenvalue weighted by molar-refractivity contribution is -0.112. The zero-order valence-corrected chi connectivity index (χ0v) is 13.4. The number of anilines is 2. The maximum Gasteiger partial charge on any atom is 0.247 e. The smallest absolute Gasteiger partial charge is 0.247 e. The van der Waals surface area contributed by atoms with E-state index in [9.17, 15) is 9.59 Å². The van der Waals surface area contributed by atoms with E-state index in [4.69, 9.17) is 0 Å². The summed E-state index contributed by atoms with van der Waals surface area (Å²) in [5, 5.41) is 5.44. The summed E-state index contributed by atoms with van der Waals surface area (Å²) < 4.78 is 0. The summed E-state index contributed by atoms with van der Waals surface area (Å²) in [5.41, 5.74) is 3.89. The lowest BCUT2D eigenvalue weighted by Crippen LogP contribution is -2.07. The second-order valence-corrected chi connectivity index (χ2v) is 5.28. The molecule has 2 amide bonds. The van der Waals surface area contributed by atoms with Crippen molar-refractivity contribution in [3.05, 3.63) is 85.0 Å². The molecule has 0 aromatic heterocycles. The molecule has 0 saturated carbocycles. The predicted molar refractivity (Wildman–Crippen MR) is 97.9 cm³/mol. The highest BCUT2D eigenvalue weighted by Gasteiger charge is 2.00. The largest absolute Gasteiger partial charge is 0.323 e. The fraction of sp³-hybridized carbons (Fsp3) is 0.100. The Morgan fingerprint density at radius 3 is 1.33 bits per heavy atom. The van der Waals surface area contributed by atoms with Crippen LogP contribution in [0, 0.1) is 0 Å². The molecule has 2 rings (SSSR count). The first-order valence-electron chi connectivity index (χ1n) is 7.65. The maximum absolute atomic E-state index is 11.2. The molecule has 0 bridgehead atoms. The second kappa shape index (κ2) is 8.48. The standard InChI is InChI=1S/C20H20N2O2/c1-3-19(23)21-17-11-7-15(8-12-17)5-6-16-9-13-18(14-10-16)22-20(24)4-2/h3-4,7-14H,1-2,5-6H2,(H,21,23)(H,22,24). The topological polar surface area (TPSA) is 58.2 Å². The van der Waals surface area contributed by atoms with E-state index in [0.29, 0.717) is 0 Å². The van der Waals surface area contributed by atoms with Gasteiger partial charge in [-0.05, 0) is 60.4 Å². The van der Waals surface area contributed by atoms with Crippen molar-refractivity contribution in [1.29, 1.82) is 0 Å². The van der Waals surface area contributed by atoms with Crippen LogP contribution in [0.2, 0.25) is 0 Å². The summed E-state index contributed by atoms with van der Waals surface area (Å²) in [4.78, 5) is 22.5. The van der Waals surface area contributed by atoms with Crippen molar-refractivity contribution in [2.75, 3.05) is 10.6 Å². The van der Waals surface area contributed by atoms with Crippen LogP contribution >= 0.6 is 0 Å². The lowest BCUT2D eigenvalue weighted by atomic mass is 10.0. The van der Waals surface area contributed by atoms with Crippen molar-refractivity contribution >= 4 is 23.2 Å². The van der Waals surface area contributed by atoms with E-state index < -0.39 is 0 Å². The molecule has 2 aromatic carbocycles. The molecule has 0 saturated heterocycles. The number of carbonyl (C=O) groups excluding carboxylic acids is 2. The van der Waals surface area contributed by atoms with Crippen molar-refractivity contribution < 1.29 is 9.59 Å². The summed E-state index contributed by atoms with van der Waals surface area (Å²) in [7, 11) is 0. The van der Waals surface area contributed by atoms with Gasteiger partial charge in [0.2, 0.25) is 11.8 Å². The SMILES string of the molecule is C=CC(=O)Nc1ccc(CCc2ccc(NC(=O)C=C)cc2)cc1. The molecule has 0 aliphatic carbocycles. The zero-order valence-electron chi connectivity index (χ0n) is 13.4. The van der Waals surface area contributed by atoms with Gasteiger partial charge in [0.1, 0.15) is 0 Å². The Morgan fingerprint density at radius 2 is 1.04 bits per heavy atom. The van der Waals surface area contributed by atoms with Crippen LogP contribution in [0.1, 0.15) is 11.1 Å². The van der Waals surface area contributed by atoms with Crippen molar-refractivity contribution in [2.45, 2.75) is 12.8 Å². The average molecular weight is 320 g/mol. The van der Waals surface area contributed by atoms with Gasteiger partial charge in [0.05, 0.1) is 0 Å². The molecule has 2 N–H and O–H groups in total. The van der Waals surface area contributed by atoms with E-state index in [1.54, 1.807) is 0 Å². The highest BCUT2D eigenvalue weighted by Crippen LogP contribution is 2.14. The summed E-state index contributed by atoms with van der Waals surface area (Å²) in [6.07, 6.45) is 4.28. The number of hydrogen-bond donors (Lipinski definition) is 2. The molecule has 0 unspecified atom stereocenters. The fourth-order valence-electron chi connectivity index (χ4n) is 2.18. The zero-order chi connectivity index (χ0) is 17.4. The Hall–Kier alpha value is -3.14. The van der Waals surface area contributed by atoms with Crippen LogP contribution in [0.25, 0.3) is 0 Å². The fourth-order valence-corrected chi connectivity index (χ4v) is 2.18. The van der Waals surface area contributed by atoms with E-state index >= 15 is 0 Å². The van der Waals surface area contributed by atoms with Gasteiger partial charge in [-0.25, -0.2) is 0 Å². The number of nitrogens with one attached hydrogen (secondary N) is 2. The number of aryl methyl sites for hydroxylation is 2. The molecule has 0 heterocycles. The third kappa shape index (κ3) is 5.25. The van der Waals surface area contributed by atoms with Crippen molar-refractivity contribution in [1.82, 2.24) is 0 Å². The third-order valence-corrected chi connectivity index (χ3v) is 3.52. The molecule has 0 atom stereocenters. The highest BCUT2D eigenvalue weighted by molar-refractivity contribution is 5.99. The molecule has 0 aliphatic heterocycles. The number of rotatable bonds is 7. The molecule has 24 heavy (non-hydrogen) atoms. The van der Waals surface area contributed by atoms with Gasteiger partial charge in [-0.3, -0.25) is 9.59 Å².